The Balaban J connectivity index is 1.58. The molecule has 0 bridgehead atoms. The third-order valence-electron chi connectivity index (χ3n) is 4.48. The van der Waals surface area contributed by atoms with Gasteiger partial charge in [0.2, 0.25) is 0 Å². The standard InChI is InChI=1S/C19H20N6O/c1-24-13-16(12-22-24)14-9-15(11-20-10-14)19(26)23-17-5-4-6-21-18(17)25-7-2-3-8-25/h4-6,9-13H,2-3,7-8H2,1H3,(H,23,26). The van der Waals surface area contributed by atoms with Crippen LogP contribution in [-0.2, 0) is 7.05 Å². The number of amides is 1. The van der Waals surface area contributed by atoms with Crippen molar-refractivity contribution in [2.24, 2.45) is 7.05 Å². The summed E-state index contributed by atoms with van der Waals surface area (Å²) in [6.45, 7) is 1.94. The zero-order valence-corrected chi connectivity index (χ0v) is 14.6. The van der Waals surface area contributed by atoms with Crippen LogP contribution in [0.1, 0.15) is 23.2 Å². The number of carbonyl (C=O) groups is 1. The number of nitrogens with zero attached hydrogens (tertiary/aromatic N) is 5. The topological polar surface area (TPSA) is 75.9 Å². The molecule has 4 heterocycles. The molecule has 0 aliphatic carbocycles. The first-order valence-electron chi connectivity index (χ1n) is 8.66. The van der Waals surface area contributed by atoms with Crippen molar-refractivity contribution in [2.45, 2.75) is 12.8 Å². The number of anilines is 2. The van der Waals surface area contributed by atoms with Gasteiger partial charge >= 0.3 is 0 Å². The molecule has 0 radical (unpaired) electrons. The molecule has 1 amide bonds. The van der Waals surface area contributed by atoms with Gasteiger partial charge in [-0.2, -0.15) is 5.10 Å². The number of hydrogen-bond acceptors (Lipinski definition) is 5. The van der Waals surface area contributed by atoms with E-state index in [9.17, 15) is 4.79 Å². The number of carbonyl (C=O) groups excluding carboxylic acids is 1. The summed E-state index contributed by atoms with van der Waals surface area (Å²) in [5.74, 6) is 0.631. The maximum Gasteiger partial charge on any atom is 0.257 e. The van der Waals surface area contributed by atoms with Crippen LogP contribution in [0.3, 0.4) is 0 Å². The summed E-state index contributed by atoms with van der Waals surface area (Å²) in [6, 6.07) is 5.54. The van der Waals surface area contributed by atoms with Crippen LogP contribution >= 0.6 is 0 Å². The fourth-order valence-corrected chi connectivity index (χ4v) is 3.16. The predicted molar refractivity (Wildman–Crippen MR) is 100 cm³/mol. The van der Waals surface area contributed by atoms with E-state index in [1.54, 1.807) is 29.5 Å². The first-order chi connectivity index (χ1) is 12.7. The number of hydrogen-bond donors (Lipinski definition) is 1. The fraction of sp³-hybridized carbons (Fsp3) is 0.263. The summed E-state index contributed by atoms with van der Waals surface area (Å²) in [7, 11) is 1.86. The van der Waals surface area contributed by atoms with Crippen LogP contribution in [-0.4, -0.2) is 38.7 Å². The molecule has 0 atom stereocenters. The van der Waals surface area contributed by atoms with E-state index in [2.05, 4.69) is 25.3 Å². The number of aromatic nitrogens is 4. The van der Waals surface area contributed by atoms with Gasteiger partial charge in [-0.25, -0.2) is 4.98 Å². The molecule has 1 aliphatic rings. The molecule has 7 nitrogen and oxygen atoms in total. The number of rotatable bonds is 4. The summed E-state index contributed by atoms with van der Waals surface area (Å²) in [5.41, 5.74) is 3.01. The van der Waals surface area contributed by atoms with Crippen molar-refractivity contribution in [1.82, 2.24) is 19.7 Å². The van der Waals surface area contributed by atoms with Crippen molar-refractivity contribution in [2.75, 3.05) is 23.3 Å². The van der Waals surface area contributed by atoms with Crippen LogP contribution in [0.2, 0.25) is 0 Å². The van der Waals surface area contributed by atoms with E-state index in [4.69, 9.17) is 0 Å². The Bertz CT molecular complexity index is 929. The molecule has 3 aromatic rings. The van der Waals surface area contributed by atoms with E-state index in [1.807, 2.05) is 31.4 Å². The molecule has 1 fully saturated rings. The second kappa shape index (κ2) is 6.95. The largest absolute Gasteiger partial charge is 0.355 e. The molecule has 0 spiro atoms. The summed E-state index contributed by atoms with van der Waals surface area (Å²) in [4.78, 5) is 23.6. The number of pyridine rings is 2. The maximum atomic E-state index is 12.8. The van der Waals surface area contributed by atoms with Crippen molar-refractivity contribution in [3.8, 4) is 11.1 Å². The summed E-state index contributed by atoms with van der Waals surface area (Å²) in [6.07, 6.45) is 11.0. The minimum atomic E-state index is -0.198. The van der Waals surface area contributed by atoms with Gasteiger partial charge in [0.05, 0.1) is 17.4 Å². The molecule has 132 valence electrons. The van der Waals surface area contributed by atoms with Gasteiger partial charge in [0.25, 0.3) is 5.91 Å². The highest BCUT2D eigenvalue weighted by Gasteiger charge is 2.18. The predicted octanol–water partition coefficient (Wildman–Crippen LogP) is 2.73. The molecule has 26 heavy (non-hydrogen) atoms. The molecule has 4 rings (SSSR count). The second-order valence-corrected chi connectivity index (χ2v) is 6.39. The van der Waals surface area contributed by atoms with Gasteiger partial charge in [-0.05, 0) is 31.0 Å². The van der Waals surface area contributed by atoms with Crippen molar-refractivity contribution < 1.29 is 4.79 Å². The summed E-state index contributed by atoms with van der Waals surface area (Å²) >= 11 is 0. The SMILES string of the molecule is Cn1cc(-c2cncc(C(=O)Nc3cccnc3N3CCCC3)c2)cn1. The zero-order chi connectivity index (χ0) is 17.9. The lowest BCUT2D eigenvalue weighted by atomic mass is 10.1. The minimum Gasteiger partial charge on any atom is -0.355 e. The molecular weight excluding hydrogens is 328 g/mol. The fourth-order valence-electron chi connectivity index (χ4n) is 3.16. The van der Waals surface area contributed by atoms with Crippen LogP contribution in [0.4, 0.5) is 11.5 Å². The molecule has 0 aromatic carbocycles. The first-order valence-corrected chi connectivity index (χ1v) is 8.66. The van der Waals surface area contributed by atoms with E-state index in [0.717, 1.165) is 48.6 Å². The van der Waals surface area contributed by atoms with Crippen molar-refractivity contribution in [1.29, 1.82) is 0 Å². The Hall–Kier alpha value is -3.22. The third kappa shape index (κ3) is 3.28. The summed E-state index contributed by atoms with van der Waals surface area (Å²) in [5, 5.41) is 7.15. The Labute approximate surface area is 151 Å². The molecule has 1 aliphatic heterocycles. The molecule has 3 aromatic heterocycles. The van der Waals surface area contributed by atoms with Gasteiger partial charge in [-0.3, -0.25) is 14.5 Å². The van der Waals surface area contributed by atoms with Crippen LogP contribution in [0.5, 0.6) is 0 Å². The van der Waals surface area contributed by atoms with Crippen LogP contribution < -0.4 is 10.2 Å². The molecule has 1 saturated heterocycles. The average Bonchev–Trinajstić information content (AvgIpc) is 3.34. The van der Waals surface area contributed by atoms with E-state index in [0.29, 0.717) is 5.56 Å². The van der Waals surface area contributed by atoms with Gasteiger partial charge in [0.15, 0.2) is 5.82 Å². The highest BCUT2D eigenvalue weighted by molar-refractivity contribution is 6.06. The van der Waals surface area contributed by atoms with Gasteiger partial charge in [0.1, 0.15) is 0 Å². The maximum absolute atomic E-state index is 12.8. The second-order valence-electron chi connectivity index (χ2n) is 6.39. The van der Waals surface area contributed by atoms with Crippen LogP contribution in [0.15, 0.2) is 49.2 Å². The zero-order valence-electron chi connectivity index (χ0n) is 14.6. The Morgan fingerprint density at radius 3 is 2.77 bits per heavy atom. The Kier molecular flexibility index (Phi) is 4.35. The van der Waals surface area contributed by atoms with Gasteiger partial charge < -0.3 is 10.2 Å². The number of nitrogens with one attached hydrogen (secondary N) is 1. The van der Waals surface area contributed by atoms with Crippen molar-refractivity contribution >= 4 is 17.4 Å². The first kappa shape index (κ1) is 16.3. The van der Waals surface area contributed by atoms with Gasteiger partial charge in [-0.15, -0.1) is 0 Å². The summed E-state index contributed by atoms with van der Waals surface area (Å²) < 4.78 is 1.72. The monoisotopic (exact) mass is 348 g/mol. The van der Waals surface area contributed by atoms with E-state index >= 15 is 0 Å². The quantitative estimate of drug-likeness (QED) is 0.784. The highest BCUT2D eigenvalue weighted by atomic mass is 16.1. The molecule has 0 unspecified atom stereocenters. The van der Waals surface area contributed by atoms with Crippen molar-refractivity contribution in [3.63, 3.8) is 0 Å². The third-order valence-corrected chi connectivity index (χ3v) is 4.48. The van der Waals surface area contributed by atoms with E-state index in [1.165, 1.54) is 0 Å². The van der Waals surface area contributed by atoms with Crippen LogP contribution in [0, 0.1) is 0 Å². The van der Waals surface area contributed by atoms with Gasteiger partial charge in [0, 0.05) is 56.1 Å². The lowest BCUT2D eigenvalue weighted by molar-refractivity contribution is 0.102. The van der Waals surface area contributed by atoms with Crippen LogP contribution in [0.25, 0.3) is 11.1 Å². The Morgan fingerprint density at radius 1 is 1.15 bits per heavy atom. The molecular formula is C19H20N6O. The lowest BCUT2D eigenvalue weighted by Gasteiger charge is -2.20. The lowest BCUT2D eigenvalue weighted by Crippen LogP contribution is -2.22. The molecule has 0 saturated carbocycles. The van der Waals surface area contributed by atoms with E-state index < -0.39 is 0 Å². The average molecular weight is 348 g/mol. The number of aryl methyl sites for hydroxylation is 1. The highest BCUT2D eigenvalue weighted by Crippen LogP contribution is 2.27. The van der Waals surface area contributed by atoms with E-state index in [-0.39, 0.29) is 5.91 Å². The van der Waals surface area contributed by atoms with Gasteiger partial charge in [-0.1, -0.05) is 0 Å². The van der Waals surface area contributed by atoms with Crippen molar-refractivity contribution in [3.05, 3.63) is 54.7 Å². The smallest absolute Gasteiger partial charge is 0.257 e. The minimum absolute atomic E-state index is 0.198. The Morgan fingerprint density at radius 2 is 2.00 bits per heavy atom. The molecule has 7 heteroatoms. The molecule has 1 N–H and O–H groups in total. The normalized spacial score (nSPS) is 13.8.